The van der Waals surface area contributed by atoms with Crippen LogP contribution < -0.4 is 4.74 Å². The highest BCUT2D eigenvalue weighted by atomic mass is 127. The van der Waals surface area contributed by atoms with Crippen molar-refractivity contribution in [3.63, 3.8) is 0 Å². The molecular weight excluding hydrogens is 849 g/mol. The summed E-state index contributed by atoms with van der Waals surface area (Å²) in [7, 11) is -0.307. The van der Waals surface area contributed by atoms with Crippen molar-refractivity contribution in [2.24, 2.45) is 0 Å². The van der Waals surface area contributed by atoms with Crippen molar-refractivity contribution >= 4 is 96.2 Å². The largest absolute Gasteiger partial charge is 0.423 e. The van der Waals surface area contributed by atoms with Crippen LogP contribution in [-0.2, 0) is 33.3 Å². The number of carbonyl (C=O) groups excluding carboxylic acids is 3. The zero-order valence-electron chi connectivity index (χ0n) is 21.2. The highest BCUT2D eigenvalue weighted by Crippen LogP contribution is 2.35. The van der Waals surface area contributed by atoms with Gasteiger partial charge in [0.2, 0.25) is 0 Å². The fourth-order valence-electron chi connectivity index (χ4n) is 4.08. The van der Waals surface area contributed by atoms with Crippen LogP contribution in [0.4, 0.5) is 0 Å². The molecule has 0 N–H and O–H groups in total. The molecule has 0 spiro atoms. The van der Waals surface area contributed by atoms with Crippen LogP contribution in [0.15, 0.2) is 99.6 Å². The van der Waals surface area contributed by atoms with Crippen LogP contribution in [0.25, 0.3) is 0 Å². The number of rotatable bonds is 9. The minimum Gasteiger partial charge on any atom is -0.423 e. The molecule has 0 fully saturated rings. The van der Waals surface area contributed by atoms with Crippen molar-refractivity contribution < 1.29 is 19.1 Å². The zero-order valence-corrected chi connectivity index (χ0v) is 28.5. The number of benzene rings is 4. The van der Waals surface area contributed by atoms with E-state index < -0.39 is 5.97 Å². The lowest BCUT2D eigenvalue weighted by atomic mass is 9.99. The van der Waals surface area contributed by atoms with Gasteiger partial charge in [-0.2, -0.15) is 0 Å². The molecule has 0 aliphatic heterocycles. The van der Waals surface area contributed by atoms with Crippen molar-refractivity contribution in [3.8, 4) is 5.75 Å². The van der Waals surface area contributed by atoms with Crippen LogP contribution in [0, 0.1) is 10.7 Å². The summed E-state index contributed by atoms with van der Waals surface area (Å²) >= 11 is 6.40. The predicted molar refractivity (Wildman–Crippen MR) is 180 cm³/mol. The summed E-state index contributed by atoms with van der Waals surface area (Å²) in [6, 6.07) is 28.3. The monoisotopic (exact) mass is 873 g/mol. The van der Waals surface area contributed by atoms with Crippen molar-refractivity contribution in [1.82, 2.24) is 0 Å². The molecule has 0 unspecified atom stereocenters. The standard InChI is InChI=1S/C31H24I3O4S/c1-19(35)17-25-28(32)26(18-20(2)36)30(34)27(29(25)33)31(37)38-21-13-15-24(16-14-21)39(22-9-5-3-6-10-22)23-11-7-4-8-12-23/h3-16H,17-18H2,1-2H3/q+1. The van der Waals surface area contributed by atoms with Gasteiger partial charge in [0.15, 0.2) is 14.7 Å². The highest BCUT2D eigenvalue weighted by Gasteiger charge is 2.29. The number of Topliss-reactive ketones (excluding diaryl/α,β-unsaturated/α-hetero) is 2. The van der Waals surface area contributed by atoms with Gasteiger partial charge in [-0.05, 0) is 141 Å². The molecule has 0 saturated carbocycles. The molecule has 4 aromatic carbocycles. The summed E-state index contributed by atoms with van der Waals surface area (Å²) in [5.74, 6) is -0.0987. The third-order valence-corrected chi connectivity index (χ3v) is 11.7. The first-order chi connectivity index (χ1) is 18.7. The average molecular weight is 873 g/mol. The fourth-order valence-corrected chi connectivity index (χ4v) is 10.5. The van der Waals surface area contributed by atoms with Crippen LogP contribution in [-0.4, -0.2) is 17.5 Å². The van der Waals surface area contributed by atoms with E-state index in [1.54, 1.807) is 0 Å². The van der Waals surface area contributed by atoms with E-state index in [0.717, 1.165) is 19.6 Å². The van der Waals surface area contributed by atoms with Gasteiger partial charge in [0.1, 0.15) is 17.3 Å². The van der Waals surface area contributed by atoms with Gasteiger partial charge in [-0.15, -0.1) is 0 Å². The third-order valence-electron chi connectivity index (χ3n) is 5.78. The van der Waals surface area contributed by atoms with E-state index in [1.807, 2.05) is 60.7 Å². The van der Waals surface area contributed by atoms with Crippen LogP contribution in [0.1, 0.15) is 35.3 Å². The Labute approximate surface area is 272 Å². The Bertz CT molecular complexity index is 1440. The van der Waals surface area contributed by atoms with Gasteiger partial charge in [0, 0.05) is 23.6 Å². The summed E-state index contributed by atoms with van der Waals surface area (Å²) in [6.45, 7) is 3.04. The van der Waals surface area contributed by atoms with E-state index in [1.165, 1.54) is 23.6 Å². The SMILES string of the molecule is CC(=O)Cc1c(I)c(CC(C)=O)c(I)c(C(=O)Oc2ccc([S+](c3ccccc3)c3ccccc3)cc2)c1I. The second-order valence-corrected chi connectivity index (χ2v) is 14.1. The summed E-state index contributed by atoms with van der Waals surface area (Å²) < 4.78 is 8.06. The van der Waals surface area contributed by atoms with Gasteiger partial charge in [-0.1, -0.05) is 36.4 Å². The summed E-state index contributed by atoms with van der Waals surface area (Å²) in [4.78, 5) is 41.0. The summed E-state index contributed by atoms with van der Waals surface area (Å²) in [5.41, 5.74) is 1.91. The first-order valence-corrected chi connectivity index (χ1v) is 16.5. The van der Waals surface area contributed by atoms with Crippen LogP contribution in [0.2, 0.25) is 0 Å². The second kappa shape index (κ2) is 13.7. The third kappa shape index (κ3) is 7.31. The minimum absolute atomic E-state index is 0.0112. The highest BCUT2D eigenvalue weighted by molar-refractivity contribution is 14.1. The molecule has 4 nitrogen and oxygen atoms in total. The Hall–Kier alpha value is -1.77. The molecule has 0 aliphatic rings. The molecule has 0 saturated heterocycles. The first kappa shape index (κ1) is 30.2. The van der Waals surface area contributed by atoms with E-state index >= 15 is 0 Å². The number of carbonyl (C=O) groups is 3. The lowest BCUT2D eigenvalue weighted by Crippen LogP contribution is -2.19. The van der Waals surface area contributed by atoms with E-state index in [9.17, 15) is 14.4 Å². The lowest BCUT2D eigenvalue weighted by Gasteiger charge is -2.18. The average Bonchev–Trinajstić information content (AvgIpc) is 2.91. The normalized spacial score (nSPS) is 10.9. The maximum atomic E-state index is 13.5. The molecule has 0 aromatic heterocycles. The zero-order chi connectivity index (χ0) is 28.1. The molecule has 0 atom stereocenters. The van der Waals surface area contributed by atoms with Gasteiger partial charge in [-0.3, -0.25) is 9.59 Å². The Morgan fingerprint density at radius 2 is 1.03 bits per heavy atom. The summed E-state index contributed by atoms with van der Waals surface area (Å²) in [6.07, 6.45) is 0.378. The van der Waals surface area contributed by atoms with Gasteiger partial charge >= 0.3 is 5.97 Å². The van der Waals surface area contributed by atoms with E-state index in [2.05, 4.69) is 92.0 Å². The Morgan fingerprint density at radius 3 is 1.44 bits per heavy atom. The van der Waals surface area contributed by atoms with Crippen molar-refractivity contribution in [1.29, 1.82) is 0 Å². The number of ether oxygens (including phenoxy) is 1. The molecule has 0 aliphatic carbocycles. The molecule has 4 aromatic rings. The van der Waals surface area contributed by atoms with Crippen LogP contribution in [0.3, 0.4) is 0 Å². The smallest absolute Gasteiger partial charge is 0.345 e. The van der Waals surface area contributed by atoms with Gasteiger partial charge < -0.3 is 4.74 Å². The molecule has 0 bridgehead atoms. The Morgan fingerprint density at radius 1 is 0.615 bits per heavy atom. The van der Waals surface area contributed by atoms with E-state index in [-0.39, 0.29) is 35.3 Å². The Balaban J connectivity index is 1.68. The lowest BCUT2D eigenvalue weighted by molar-refractivity contribution is -0.117. The van der Waals surface area contributed by atoms with Crippen molar-refractivity contribution in [2.75, 3.05) is 0 Å². The maximum Gasteiger partial charge on any atom is 0.345 e. The molecule has 4 rings (SSSR count). The van der Waals surface area contributed by atoms with Gasteiger partial charge in [-0.25, -0.2) is 4.79 Å². The number of esters is 1. The van der Waals surface area contributed by atoms with Crippen LogP contribution >= 0.6 is 67.8 Å². The second-order valence-electron chi connectivity index (χ2n) is 8.82. The number of hydrogen-bond acceptors (Lipinski definition) is 4. The predicted octanol–water partition coefficient (Wildman–Crippen LogP) is 8.08. The topological polar surface area (TPSA) is 60.4 Å². The number of hydrogen-bond donors (Lipinski definition) is 0. The molecule has 0 heterocycles. The maximum absolute atomic E-state index is 13.5. The fraction of sp³-hybridized carbons (Fsp3) is 0.129. The van der Waals surface area contributed by atoms with E-state index in [4.69, 9.17) is 4.74 Å². The van der Waals surface area contributed by atoms with Gasteiger partial charge in [0.05, 0.1) is 16.5 Å². The summed E-state index contributed by atoms with van der Waals surface area (Å²) in [5, 5.41) is 0. The van der Waals surface area contributed by atoms with Crippen molar-refractivity contribution in [2.45, 2.75) is 41.4 Å². The minimum atomic E-state index is -0.507. The Kier molecular flexibility index (Phi) is 10.6. The molecule has 198 valence electrons. The molecule has 8 heteroatoms. The molecule has 0 amide bonds. The molecule has 39 heavy (non-hydrogen) atoms. The van der Waals surface area contributed by atoms with Crippen LogP contribution in [0.5, 0.6) is 5.75 Å². The molecular formula is C31H24I3O4S+. The van der Waals surface area contributed by atoms with Crippen molar-refractivity contribution in [3.05, 3.63) is 112 Å². The number of halogens is 3. The quantitative estimate of drug-likeness (QED) is 0.0740. The number of ketones is 2. The van der Waals surface area contributed by atoms with Gasteiger partial charge in [0.25, 0.3) is 0 Å². The van der Waals surface area contributed by atoms with E-state index in [0.29, 0.717) is 18.5 Å². The molecule has 0 radical (unpaired) electrons. The first-order valence-electron chi connectivity index (χ1n) is 12.0.